The molecule has 0 aromatic heterocycles. The fourth-order valence-electron chi connectivity index (χ4n) is 2.94. The smallest absolute Gasteiger partial charge is 0.253 e. The number of hydrogen-bond donors (Lipinski definition) is 1. The minimum Gasteiger partial charge on any atom is -0.339 e. The number of benzene rings is 2. The summed E-state index contributed by atoms with van der Waals surface area (Å²) in [7, 11) is 0. The van der Waals surface area contributed by atoms with Crippen molar-refractivity contribution in [2.24, 2.45) is 0 Å². The van der Waals surface area contributed by atoms with Gasteiger partial charge in [0, 0.05) is 29.2 Å². The predicted molar refractivity (Wildman–Crippen MR) is 102 cm³/mol. The quantitative estimate of drug-likeness (QED) is 0.888. The summed E-state index contributed by atoms with van der Waals surface area (Å²) in [6, 6.07) is 15.3. The molecular weight excluding hydrogens is 332 g/mol. The summed E-state index contributed by atoms with van der Waals surface area (Å²) in [6.07, 6.45) is 0.755. The van der Waals surface area contributed by atoms with Crippen molar-refractivity contribution in [3.63, 3.8) is 0 Å². The number of carbonyl (C=O) groups is 2. The van der Waals surface area contributed by atoms with Crippen molar-refractivity contribution in [2.75, 3.05) is 18.4 Å². The van der Waals surface area contributed by atoms with Gasteiger partial charge in [-0.25, -0.2) is 0 Å². The van der Waals surface area contributed by atoms with E-state index in [4.69, 9.17) is 0 Å². The van der Waals surface area contributed by atoms with E-state index in [2.05, 4.69) is 17.4 Å². The molecule has 0 saturated heterocycles. The summed E-state index contributed by atoms with van der Waals surface area (Å²) in [6.45, 7) is 5.31. The molecule has 1 N–H and O–H groups in total. The van der Waals surface area contributed by atoms with E-state index in [1.165, 1.54) is 10.5 Å². The van der Waals surface area contributed by atoms with Gasteiger partial charge in [0.05, 0.1) is 5.25 Å². The SMILES string of the molecule is CCN(CC)C(=O)c1ccc(NC(=O)C2Cc3ccccc3S2)cc1. The van der Waals surface area contributed by atoms with Crippen molar-refractivity contribution in [2.45, 2.75) is 30.4 Å². The van der Waals surface area contributed by atoms with Gasteiger partial charge >= 0.3 is 0 Å². The first-order valence-electron chi connectivity index (χ1n) is 8.57. The van der Waals surface area contributed by atoms with Gasteiger partial charge in [-0.3, -0.25) is 9.59 Å². The first kappa shape index (κ1) is 17.5. The maximum Gasteiger partial charge on any atom is 0.253 e. The molecule has 2 amide bonds. The third-order valence-corrected chi connectivity index (χ3v) is 5.71. The van der Waals surface area contributed by atoms with Crippen molar-refractivity contribution in [1.29, 1.82) is 0 Å². The first-order valence-corrected chi connectivity index (χ1v) is 9.45. The summed E-state index contributed by atoms with van der Waals surface area (Å²) in [5, 5.41) is 2.85. The monoisotopic (exact) mass is 354 g/mol. The standard InChI is InChI=1S/C20H22N2O2S/c1-3-22(4-2)20(24)14-9-11-16(12-10-14)21-19(23)18-13-15-7-5-6-8-17(15)25-18/h5-12,18H,3-4,13H2,1-2H3,(H,21,23). The number of nitrogens with one attached hydrogen (secondary N) is 1. The van der Waals surface area contributed by atoms with Gasteiger partial charge in [-0.15, -0.1) is 11.8 Å². The molecule has 0 aliphatic carbocycles. The van der Waals surface area contributed by atoms with Gasteiger partial charge in [0.2, 0.25) is 5.91 Å². The molecule has 25 heavy (non-hydrogen) atoms. The van der Waals surface area contributed by atoms with Crippen LogP contribution in [0, 0.1) is 0 Å². The van der Waals surface area contributed by atoms with E-state index >= 15 is 0 Å². The van der Waals surface area contributed by atoms with E-state index in [0.717, 1.165) is 12.1 Å². The number of fused-ring (bicyclic) bond motifs is 1. The van der Waals surface area contributed by atoms with Crippen molar-refractivity contribution in [1.82, 2.24) is 4.90 Å². The molecule has 0 spiro atoms. The lowest BCUT2D eigenvalue weighted by Crippen LogP contribution is -2.30. The fourth-order valence-corrected chi connectivity index (χ4v) is 4.14. The van der Waals surface area contributed by atoms with Crippen LogP contribution in [0.5, 0.6) is 0 Å². The van der Waals surface area contributed by atoms with Crippen molar-refractivity contribution in [3.8, 4) is 0 Å². The zero-order chi connectivity index (χ0) is 17.8. The Labute approximate surface area is 152 Å². The molecule has 1 unspecified atom stereocenters. The maximum absolute atomic E-state index is 12.5. The summed E-state index contributed by atoms with van der Waals surface area (Å²) < 4.78 is 0. The Morgan fingerprint density at radius 1 is 1.08 bits per heavy atom. The number of hydrogen-bond acceptors (Lipinski definition) is 3. The average molecular weight is 354 g/mol. The molecule has 1 aliphatic rings. The van der Waals surface area contributed by atoms with E-state index in [1.54, 1.807) is 40.9 Å². The highest BCUT2D eigenvalue weighted by Crippen LogP contribution is 2.37. The van der Waals surface area contributed by atoms with E-state index in [-0.39, 0.29) is 17.1 Å². The van der Waals surface area contributed by atoms with Crippen LogP contribution in [-0.2, 0) is 11.2 Å². The summed E-state index contributed by atoms with van der Waals surface area (Å²) in [5.41, 5.74) is 2.59. The van der Waals surface area contributed by atoms with Gasteiger partial charge in [-0.2, -0.15) is 0 Å². The van der Waals surface area contributed by atoms with Crippen LogP contribution in [0.25, 0.3) is 0 Å². The van der Waals surface area contributed by atoms with Crippen molar-refractivity contribution >= 4 is 29.3 Å². The Morgan fingerprint density at radius 2 is 1.76 bits per heavy atom. The van der Waals surface area contributed by atoms with Crippen LogP contribution in [0.2, 0.25) is 0 Å². The number of carbonyl (C=O) groups excluding carboxylic acids is 2. The van der Waals surface area contributed by atoms with Crippen LogP contribution < -0.4 is 5.32 Å². The van der Waals surface area contributed by atoms with Crippen LogP contribution in [0.15, 0.2) is 53.4 Å². The number of amides is 2. The molecule has 130 valence electrons. The molecule has 0 saturated carbocycles. The normalized spacial score (nSPS) is 15.5. The Balaban J connectivity index is 1.62. The van der Waals surface area contributed by atoms with E-state index in [0.29, 0.717) is 18.7 Å². The minimum absolute atomic E-state index is 0.00372. The van der Waals surface area contributed by atoms with E-state index < -0.39 is 0 Å². The topological polar surface area (TPSA) is 49.4 Å². The fraction of sp³-hybridized carbons (Fsp3) is 0.300. The van der Waals surface area contributed by atoms with Gasteiger partial charge in [-0.05, 0) is 56.2 Å². The second-order valence-electron chi connectivity index (χ2n) is 5.96. The zero-order valence-electron chi connectivity index (χ0n) is 14.5. The highest BCUT2D eigenvalue weighted by molar-refractivity contribution is 8.01. The minimum atomic E-state index is -0.102. The second kappa shape index (κ2) is 7.74. The van der Waals surface area contributed by atoms with E-state index in [9.17, 15) is 9.59 Å². The largest absolute Gasteiger partial charge is 0.339 e. The van der Waals surface area contributed by atoms with Crippen molar-refractivity contribution < 1.29 is 9.59 Å². The maximum atomic E-state index is 12.5. The van der Waals surface area contributed by atoms with Crippen LogP contribution in [0.1, 0.15) is 29.8 Å². The van der Waals surface area contributed by atoms with Crippen LogP contribution >= 0.6 is 11.8 Å². The number of anilines is 1. The van der Waals surface area contributed by atoms with Crippen LogP contribution in [0.3, 0.4) is 0 Å². The zero-order valence-corrected chi connectivity index (χ0v) is 15.3. The molecule has 4 nitrogen and oxygen atoms in total. The molecule has 1 atom stereocenters. The first-order chi connectivity index (χ1) is 12.1. The van der Waals surface area contributed by atoms with E-state index in [1.807, 2.05) is 26.0 Å². The Bertz CT molecular complexity index is 745. The number of thioether (sulfide) groups is 1. The highest BCUT2D eigenvalue weighted by atomic mass is 32.2. The molecule has 1 aliphatic heterocycles. The molecule has 3 rings (SSSR count). The molecule has 2 aromatic carbocycles. The van der Waals surface area contributed by atoms with Gasteiger partial charge in [0.1, 0.15) is 0 Å². The van der Waals surface area contributed by atoms with Crippen LogP contribution in [-0.4, -0.2) is 35.1 Å². The lowest BCUT2D eigenvalue weighted by atomic mass is 10.1. The molecule has 5 heteroatoms. The van der Waals surface area contributed by atoms with Crippen LogP contribution in [0.4, 0.5) is 5.69 Å². The summed E-state index contributed by atoms with van der Waals surface area (Å²) in [4.78, 5) is 27.8. The third-order valence-electron chi connectivity index (χ3n) is 4.39. The summed E-state index contributed by atoms with van der Waals surface area (Å²) in [5.74, 6) is 0.0219. The summed E-state index contributed by atoms with van der Waals surface area (Å²) >= 11 is 1.61. The van der Waals surface area contributed by atoms with Gasteiger partial charge < -0.3 is 10.2 Å². The second-order valence-corrected chi connectivity index (χ2v) is 7.21. The number of rotatable bonds is 5. The van der Waals surface area contributed by atoms with Crippen molar-refractivity contribution in [3.05, 3.63) is 59.7 Å². The lowest BCUT2D eigenvalue weighted by molar-refractivity contribution is -0.115. The predicted octanol–water partition coefficient (Wildman–Crippen LogP) is 3.82. The lowest BCUT2D eigenvalue weighted by Gasteiger charge is -2.18. The molecular formula is C20H22N2O2S. The molecule has 2 aromatic rings. The molecule has 0 bridgehead atoms. The number of nitrogens with zero attached hydrogens (tertiary/aromatic N) is 1. The van der Waals surface area contributed by atoms with Gasteiger partial charge in [0.25, 0.3) is 5.91 Å². The molecule has 1 heterocycles. The van der Waals surface area contributed by atoms with Gasteiger partial charge in [0.15, 0.2) is 0 Å². The molecule has 0 radical (unpaired) electrons. The Hall–Kier alpha value is -2.27. The van der Waals surface area contributed by atoms with Gasteiger partial charge in [-0.1, -0.05) is 18.2 Å². The average Bonchev–Trinajstić information content (AvgIpc) is 3.07. The molecule has 0 fully saturated rings. The third kappa shape index (κ3) is 3.87. The Morgan fingerprint density at radius 3 is 2.40 bits per heavy atom. The Kier molecular flexibility index (Phi) is 5.43. The highest BCUT2D eigenvalue weighted by Gasteiger charge is 2.28.